The summed E-state index contributed by atoms with van der Waals surface area (Å²) in [7, 11) is 2.84. The molecule has 0 aliphatic rings. The van der Waals surface area contributed by atoms with Gasteiger partial charge in [-0.1, -0.05) is 18.2 Å². The molecule has 0 aliphatic carbocycles. The number of benzene rings is 1. The lowest BCUT2D eigenvalue weighted by Crippen LogP contribution is -2.10. The molecular weight excluding hydrogens is 218 g/mol. The number of aromatic nitrogens is 1. The highest BCUT2D eigenvalue weighted by Crippen LogP contribution is 2.20. The standard InChI is InChI=1S/C13H13NO3/c1-16-9-12(13(15)17-2)14-8-7-10-5-3-4-6-11(10)14/h3-9H,1-2H3/b12-9-. The van der Waals surface area contributed by atoms with Gasteiger partial charge in [-0.05, 0) is 17.5 Å². The van der Waals surface area contributed by atoms with Gasteiger partial charge in [-0.15, -0.1) is 0 Å². The van der Waals surface area contributed by atoms with E-state index in [1.807, 2.05) is 36.5 Å². The number of ether oxygens (including phenoxy) is 2. The maximum absolute atomic E-state index is 11.7. The molecule has 0 N–H and O–H groups in total. The fraction of sp³-hybridized carbons (Fsp3) is 0.154. The van der Waals surface area contributed by atoms with E-state index >= 15 is 0 Å². The highest BCUT2D eigenvalue weighted by Gasteiger charge is 2.14. The molecule has 0 radical (unpaired) electrons. The fourth-order valence-electron chi connectivity index (χ4n) is 1.71. The van der Waals surface area contributed by atoms with E-state index in [9.17, 15) is 4.79 Å². The van der Waals surface area contributed by atoms with Gasteiger partial charge < -0.3 is 14.0 Å². The molecule has 1 aromatic carbocycles. The molecule has 0 saturated heterocycles. The van der Waals surface area contributed by atoms with Crippen molar-refractivity contribution in [1.82, 2.24) is 4.57 Å². The van der Waals surface area contributed by atoms with Crippen LogP contribution in [0.3, 0.4) is 0 Å². The molecule has 0 saturated carbocycles. The van der Waals surface area contributed by atoms with E-state index in [1.54, 1.807) is 4.57 Å². The molecule has 4 nitrogen and oxygen atoms in total. The summed E-state index contributed by atoms with van der Waals surface area (Å²) in [5.41, 5.74) is 1.28. The zero-order chi connectivity index (χ0) is 12.3. The summed E-state index contributed by atoms with van der Waals surface area (Å²) < 4.78 is 11.4. The Morgan fingerprint density at radius 3 is 2.71 bits per heavy atom. The summed E-state index contributed by atoms with van der Waals surface area (Å²) in [5, 5.41) is 1.05. The van der Waals surface area contributed by atoms with Crippen molar-refractivity contribution in [1.29, 1.82) is 0 Å². The van der Waals surface area contributed by atoms with Crippen molar-refractivity contribution in [3.05, 3.63) is 42.8 Å². The number of carbonyl (C=O) groups is 1. The van der Waals surface area contributed by atoms with Crippen LogP contribution in [0.4, 0.5) is 0 Å². The van der Waals surface area contributed by atoms with E-state index in [0.717, 1.165) is 10.9 Å². The molecule has 2 aromatic rings. The summed E-state index contributed by atoms with van der Waals surface area (Å²) in [6.45, 7) is 0. The van der Waals surface area contributed by atoms with Crippen LogP contribution < -0.4 is 0 Å². The van der Waals surface area contributed by atoms with Crippen molar-refractivity contribution in [2.24, 2.45) is 0 Å². The number of nitrogens with zero attached hydrogens (tertiary/aromatic N) is 1. The molecule has 17 heavy (non-hydrogen) atoms. The molecule has 0 fully saturated rings. The Hall–Kier alpha value is -2.23. The lowest BCUT2D eigenvalue weighted by Gasteiger charge is -2.08. The average Bonchev–Trinajstić information content (AvgIpc) is 2.79. The Kier molecular flexibility index (Phi) is 3.14. The molecule has 88 valence electrons. The number of esters is 1. The van der Waals surface area contributed by atoms with Gasteiger partial charge in [0.15, 0.2) is 5.70 Å². The predicted molar refractivity (Wildman–Crippen MR) is 65.2 cm³/mol. The third-order valence-electron chi connectivity index (χ3n) is 2.48. The van der Waals surface area contributed by atoms with E-state index < -0.39 is 5.97 Å². The zero-order valence-corrected chi connectivity index (χ0v) is 9.71. The Morgan fingerprint density at radius 1 is 1.24 bits per heavy atom. The zero-order valence-electron chi connectivity index (χ0n) is 9.71. The van der Waals surface area contributed by atoms with Crippen LogP contribution in [0, 0.1) is 0 Å². The van der Waals surface area contributed by atoms with Gasteiger partial charge in [0.1, 0.15) is 6.26 Å². The van der Waals surface area contributed by atoms with Crippen molar-refractivity contribution < 1.29 is 14.3 Å². The van der Waals surface area contributed by atoms with Gasteiger partial charge in [-0.25, -0.2) is 4.79 Å². The van der Waals surface area contributed by atoms with Gasteiger partial charge in [0.25, 0.3) is 0 Å². The van der Waals surface area contributed by atoms with Gasteiger partial charge in [0.05, 0.1) is 19.7 Å². The second-order valence-corrected chi connectivity index (χ2v) is 3.47. The largest absolute Gasteiger partial charge is 0.502 e. The second kappa shape index (κ2) is 4.74. The van der Waals surface area contributed by atoms with Gasteiger partial charge in [0, 0.05) is 6.20 Å². The Morgan fingerprint density at radius 2 is 2.00 bits per heavy atom. The van der Waals surface area contributed by atoms with Crippen molar-refractivity contribution in [3.63, 3.8) is 0 Å². The minimum absolute atomic E-state index is 0.344. The first-order chi connectivity index (χ1) is 8.27. The lowest BCUT2D eigenvalue weighted by atomic mass is 10.2. The molecule has 1 heterocycles. The number of rotatable bonds is 3. The highest BCUT2D eigenvalue weighted by molar-refractivity contribution is 6.11. The van der Waals surface area contributed by atoms with Crippen molar-refractivity contribution in [3.8, 4) is 0 Å². The number of hydrogen-bond donors (Lipinski definition) is 0. The van der Waals surface area contributed by atoms with Crippen LogP contribution in [0.15, 0.2) is 42.8 Å². The first-order valence-corrected chi connectivity index (χ1v) is 5.15. The third kappa shape index (κ3) is 2.01. The Balaban J connectivity index is 2.57. The van der Waals surface area contributed by atoms with Crippen LogP contribution >= 0.6 is 0 Å². The lowest BCUT2D eigenvalue weighted by molar-refractivity contribution is -0.134. The molecule has 1 aromatic heterocycles. The SMILES string of the molecule is CO/C=C(/C(=O)OC)n1ccc2ccccc21. The number of carbonyl (C=O) groups excluding carboxylic acids is 1. The number of methoxy groups -OCH3 is 2. The smallest absolute Gasteiger partial charge is 0.358 e. The molecule has 0 amide bonds. The van der Waals surface area contributed by atoms with Crippen LogP contribution in [0.5, 0.6) is 0 Å². The van der Waals surface area contributed by atoms with Gasteiger partial charge in [-0.3, -0.25) is 0 Å². The van der Waals surface area contributed by atoms with E-state index in [0.29, 0.717) is 5.70 Å². The summed E-state index contributed by atoms with van der Waals surface area (Å²) >= 11 is 0. The third-order valence-corrected chi connectivity index (χ3v) is 2.48. The van der Waals surface area contributed by atoms with Crippen molar-refractivity contribution in [2.75, 3.05) is 14.2 Å². The minimum atomic E-state index is -0.437. The molecular formula is C13H13NO3. The van der Waals surface area contributed by atoms with E-state index in [4.69, 9.17) is 9.47 Å². The molecule has 0 unspecified atom stereocenters. The van der Waals surface area contributed by atoms with E-state index in [1.165, 1.54) is 20.5 Å². The molecule has 0 bridgehead atoms. The van der Waals surface area contributed by atoms with Crippen LogP contribution in [0.25, 0.3) is 16.6 Å². The van der Waals surface area contributed by atoms with Gasteiger partial charge in [-0.2, -0.15) is 0 Å². The average molecular weight is 231 g/mol. The van der Waals surface area contributed by atoms with Crippen LogP contribution in [0.1, 0.15) is 0 Å². The van der Waals surface area contributed by atoms with Crippen LogP contribution in [0.2, 0.25) is 0 Å². The highest BCUT2D eigenvalue weighted by atomic mass is 16.5. The first-order valence-electron chi connectivity index (χ1n) is 5.15. The fourth-order valence-corrected chi connectivity index (χ4v) is 1.71. The van der Waals surface area contributed by atoms with Gasteiger partial charge in [0.2, 0.25) is 0 Å². The normalized spacial score (nSPS) is 11.5. The summed E-state index contributed by atoms with van der Waals surface area (Å²) in [6.07, 6.45) is 3.19. The predicted octanol–water partition coefficient (Wildman–Crippen LogP) is 2.26. The second-order valence-electron chi connectivity index (χ2n) is 3.47. The molecule has 0 spiro atoms. The van der Waals surface area contributed by atoms with Crippen molar-refractivity contribution >= 4 is 22.6 Å². The van der Waals surface area contributed by atoms with E-state index in [2.05, 4.69) is 0 Å². The topological polar surface area (TPSA) is 40.5 Å². The Labute approximate surface area is 99.1 Å². The van der Waals surface area contributed by atoms with Crippen molar-refractivity contribution in [2.45, 2.75) is 0 Å². The molecule has 0 aliphatic heterocycles. The maximum Gasteiger partial charge on any atom is 0.358 e. The van der Waals surface area contributed by atoms with Crippen LogP contribution in [-0.4, -0.2) is 24.8 Å². The first kappa shape index (κ1) is 11.3. The molecule has 4 heteroatoms. The number of para-hydroxylation sites is 1. The van der Waals surface area contributed by atoms with Gasteiger partial charge >= 0.3 is 5.97 Å². The molecule has 0 atom stereocenters. The summed E-state index contributed by atoms with van der Waals surface area (Å²) in [5.74, 6) is -0.437. The van der Waals surface area contributed by atoms with E-state index in [-0.39, 0.29) is 0 Å². The summed E-state index contributed by atoms with van der Waals surface area (Å²) in [4.78, 5) is 11.7. The number of hydrogen-bond acceptors (Lipinski definition) is 3. The van der Waals surface area contributed by atoms with Crippen LogP contribution in [-0.2, 0) is 14.3 Å². The minimum Gasteiger partial charge on any atom is -0.502 e. The summed E-state index contributed by atoms with van der Waals surface area (Å²) in [6, 6.07) is 9.71. The quantitative estimate of drug-likeness (QED) is 0.462. The monoisotopic (exact) mass is 231 g/mol. The molecule has 2 rings (SSSR count). The Bertz CT molecular complexity index is 569. The maximum atomic E-state index is 11.7. The number of fused-ring (bicyclic) bond motifs is 1.